The first-order valence-electron chi connectivity index (χ1n) is 11.3. The van der Waals surface area contributed by atoms with Gasteiger partial charge in [-0.25, -0.2) is 9.67 Å². The van der Waals surface area contributed by atoms with Gasteiger partial charge in [-0.3, -0.25) is 19.3 Å². The number of hydrogen-bond acceptors (Lipinski definition) is 5. The molecule has 0 saturated carbocycles. The van der Waals surface area contributed by atoms with Crippen LogP contribution in [0.25, 0.3) is 11.0 Å². The Labute approximate surface area is 201 Å². The Balaban J connectivity index is 1.34. The van der Waals surface area contributed by atoms with Gasteiger partial charge < -0.3 is 10.6 Å². The molecule has 0 radical (unpaired) electrons. The number of anilines is 3. The number of benzene rings is 2. The summed E-state index contributed by atoms with van der Waals surface area (Å²) < 4.78 is 1.82. The Morgan fingerprint density at radius 3 is 2.57 bits per heavy atom. The summed E-state index contributed by atoms with van der Waals surface area (Å²) in [6, 6.07) is 15.7. The molecule has 9 nitrogen and oxygen atoms in total. The van der Waals surface area contributed by atoms with Gasteiger partial charge in [0.05, 0.1) is 28.8 Å². The fraction of sp³-hybridized carbons (Fsp3) is 0.192. The topological polar surface area (TPSA) is 109 Å². The average molecular weight is 469 g/mol. The van der Waals surface area contributed by atoms with Crippen LogP contribution in [0.4, 0.5) is 17.1 Å². The smallest absolute Gasteiger partial charge is 0.258 e. The van der Waals surface area contributed by atoms with Crippen LogP contribution in [0.3, 0.4) is 0 Å². The Hall–Kier alpha value is -4.53. The maximum atomic E-state index is 13.1. The average Bonchev–Trinajstić information content (AvgIpc) is 3.26. The van der Waals surface area contributed by atoms with Crippen molar-refractivity contribution in [1.82, 2.24) is 14.8 Å². The van der Waals surface area contributed by atoms with Crippen LogP contribution in [0.15, 0.2) is 60.8 Å². The first-order valence-corrected chi connectivity index (χ1v) is 11.3. The maximum Gasteiger partial charge on any atom is 0.258 e. The van der Waals surface area contributed by atoms with Gasteiger partial charge in [0, 0.05) is 22.7 Å². The molecule has 0 spiro atoms. The van der Waals surface area contributed by atoms with Crippen molar-refractivity contribution in [1.29, 1.82) is 0 Å². The molecule has 0 atom stereocenters. The maximum absolute atomic E-state index is 13.1. The van der Waals surface area contributed by atoms with Gasteiger partial charge in [-0.15, -0.1) is 0 Å². The van der Waals surface area contributed by atoms with E-state index < -0.39 is 0 Å². The Bertz CT molecular complexity index is 1470. The van der Waals surface area contributed by atoms with Crippen LogP contribution in [0.1, 0.15) is 46.3 Å². The van der Waals surface area contributed by atoms with Crippen LogP contribution in [0, 0.1) is 6.92 Å². The predicted molar refractivity (Wildman–Crippen MR) is 134 cm³/mol. The number of amides is 3. The number of rotatable bonds is 4. The number of nitrogens with zero attached hydrogens (tertiary/aromatic N) is 4. The van der Waals surface area contributed by atoms with E-state index in [4.69, 9.17) is 0 Å². The van der Waals surface area contributed by atoms with Crippen LogP contribution in [-0.2, 0) is 4.79 Å². The largest absolute Gasteiger partial charge is 0.323 e. The van der Waals surface area contributed by atoms with Gasteiger partial charge in [-0.2, -0.15) is 5.10 Å². The molecule has 1 aliphatic rings. The van der Waals surface area contributed by atoms with E-state index in [2.05, 4.69) is 20.7 Å². The first kappa shape index (κ1) is 22.3. The van der Waals surface area contributed by atoms with E-state index in [-0.39, 0.29) is 30.3 Å². The number of aryl methyl sites for hydroxylation is 1. The summed E-state index contributed by atoms with van der Waals surface area (Å²) in [5.74, 6) is -0.839. The highest BCUT2D eigenvalue weighted by Gasteiger charge is 2.27. The van der Waals surface area contributed by atoms with Crippen molar-refractivity contribution in [2.75, 3.05) is 22.1 Å². The highest BCUT2D eigenvalue weighted by molar-refractivity contribution is 6.15. The molecule has 4 aromatic rings. The number of para-hydroxylation sites is 2. The molecule has 0 unspecified atom stereocenters. The molecule has 0 saturated heterocycles. The van der Waals surface area contributed by atoms with Crippen molar-refractivity contribution < 1.29 is 14.4 Å². The number of hydrogen-bond donors (Lipinski definition) is 2. The highest BCUT2D eigenvalue weighted by Crippen LogP contribution is 2.30. The van der Waals surface area contributed by atoms with Gasteiger partial charge >= 0.3 is 0 Å². The molecular formula is C26H24N6O3. The lowest BCUT2D eigenvalue weighted by molar-refractivity contribution is -0.115. The predicted octanol–water partition coefficient (Wildman–Crippen LogP) is 4.17. The van der Waals surface area contributed by atoms with Crippen LogP contribution >= 0.6 is 0 Å². The summed E-state index contributed by atoms with van der Waals surface area (Å²) in [6.45, 7) is 5.78. The third-order valence-corrected chi connectivity index (χ3v) is 5.90. The summed E-state index contributed by atoms with van der Waals surface area (Å²) in [7, 11) is 0. The highest BCUT2D eigenvalue weighted by atomic mass is 16.2. The molecule has 0 bridgehead atoms. The molecule has 0 fully saturated rings. The Kier molecular flexibility index (Phi) is 5.52. The minimum atomic E-state index is -0.296. The number of carbonyl (C=O) groups excluding carboxylic acids is 3. The second-order valence-corrected chi connectivity index (χ2v) is 8.71. The van der Waals surface area contributed by atoms with Crippen molar-refractivity contribution in [3.05, 3.63) is 77.6 Å². The molecule has 5 rings (SSSR count). The van der Waals surface area contributed by atoms with Crippen LogP contribution in [0.2, 0.25) is 0 Å². The van der Waals surface area contributed by atoms with Crippen LogP contribution in [-0.4, -0.2) is 39.0 Å². The molecule has 1 aliphatic heterocycles. The SMILES string of the molecule is Cc1nc2c(cnn2C(C)C)cc1C(=O)Nc1ccc(C(=O)N2CC(=O)Nc3ccccc32)cc1. The molecule has 3 amide bonds. The third kappa shape index (κ3) is 4.12. The number of carbonyl (C=O) groups is 3. The van der Waals surface area contributed by atoms with E-state index >= 15 is 0 Å². The van der Waals surface area contributed by atoms with E-state index in [9.17, 15) is 14.4 Å². The molecule has 35 heavy (non-hydrogen) atoms. The Morgan fingerprint density at radius 1 is 1.09 bits per heavy atom. The van der Waals surface area contributed by atoms with E-state index in [1.165, 1.54) is 4.90 Å². The number of fused-ring (bicyclic) bond motifs is 2. The van der Waals surface area contributed by atoms with E-state index in [0.717, 1.165) is 11.0 Å². The molecule has 3 heterocycles. The standard InChI is InChI=1S/C26H24N6O3/c1-15(2)32-24-18(13-27-32)12-20(16(3)28-24)25(34)29-19-10-8-17(9-11-19)26(35)31-14-23(33)30-21-6-4-5-7-22(21)31/h4-13,15H,14H2,1-3H3,(H,29,34)(H,30,33). The Morgan fingerprint density at radius 2 is 1.83 bits per heavy atom. The van der Waals surface area contributed by atoms with Crippen molar-refractivity contribution in [3.63, 3.8) is 0 Å². The van der Waals surface area contributed by atoms with Gasteiger partial charge in [-0.05, 0) is 63.2 Å². The molecule has 2 N–H and O–H groups in total. The van der Waals surface area contributed by atoms with Gasteiger partial charge in [0.1, 0.15) is 6.54 Å². The quantitative estimate of drug-likeness (QED) is 0.467. The number of aromatic nitrogens is 3. The van der Waals surface area contributed by atoms with Crippen LogP contribution < -0.4 is 15.5 Å². The van der Waals surface area contributed by atoms with Gasteiger partial charge in [0.25, 0.3) is 11.8 Å². The molecule has 176 valence electrons. The van der Waals surface area contributed by atoms with Crippen LogP contribution in [0.5, 0.6) is 0 Å². The van der Waals surface area contributed by atoms with Gasteiger partial charge in [-0.1, -0.05) is 12.1 Å². The second-order valence-electron chi connectivity index (χ2n) is 8.71. The van der Waals surface area contributed by atoms with Crippen molar-refractivity contribution in [2.24, 2.45) is 0 Å². The zero-order valence-electron chi connectivity index (χ0n) is 19.6. The van der Waals surface area contributed by atoms with E-state index in [1.54, 1.807) is 61.7 Å². The monoisotopic (exact) mass is 468 g/mol. The lowest BCUT2D eigenvalue weighted by Gasteiger charge is -2.29. The summed E-state index contributed by atoms with van der Waals surface area (Å²) in [4.78, 5) is 44.2. The molecule has 9 heteroatoms. The summed E-state index contributed by atoms with van der Waals surface area (Å²) in [5, 5.41) is 10.8. The van der Waals surface area contributed by atoms with Crippen molar-refractivity contribution in [2.45, 2.75) is 26.8 Å². The van der Waals surface area contributed by atoms with Crippen molar-refractivity contribution in [3.8, 4) is 0 Å². The summed E-state index contributed by atoms with van der Waals surface area (Å²) in [5.41, 5.74) is 4.00. The zero-order valence-corrected chi connectivity index (χ0v) is 19.6. The fourth-order valence-corrected chi connectivity index (χ4v) is 4.14. The molecular weight excluding hydrogens is 444 g/mol. The molecule has 2 aromatic carbocycles. The zero-order chi connectivity index (χ0) is 24.7. The summed E-state index contributed by atoms with van der Waals surface area (Å²) >= 11 is 0. The lowest BCUT2D eigenvalue weighted by atomic mass is 10.1. The summed E-state index contributed by atoms with van der Waals surface area (Å²) in [6.07, 6.45) is 1.71. The normalized spacial score (nSPS) is 13.0. The first-order chi connectivity index (χ1) is 16.8. The lowest BCUT2D eigenvalue weighted by Crippen LogP contribution is -2.42. The van der Waals surface area contributed by atoms with E-state index in [1.807, 2.05) is 24.6 Å². The third-order valence-electron chi connectivity index (χ3n) is 5.90. The molecule has 2 aromatic heterocycles. The number of pyridine rings is 1. The second kappa shape index (κ2) is 8.68. The van der Waals surface area contributed by atoms with E-state index in [0.29, 0.717) is 33.9 Å². The number of nitrogens with one attached hydrogen (secondary N) is 2. The minimum Gasteiger partial charge on any atom is -0.323 e. The van der Waals surface area contributed by atoms with Gasteiger partial charge in [0.15, 0.2) is 5.65 Å². The van der Waals surface area contributed by atoms with Gasteiger partial charge in [0.2, 0.25) is 5.91 Å². The molecule has 0 aliphatic carbocycles. The minimum absolute atomic E-state index is 0.0590. The fourth-order valence-electron chi connectivity index (χ4n) is 4.14. The van der Waals surface area contributed by atoms with Crippen molar-refractivity contribution >= 4 is 45.8 Å².